The second-order valence-corrected chi connectivity index (χ2v) is 5.36. The van der Waals surface area contributed by atoms with Crippen LogP contribution in [0.25, 0.3) is 0 Å². The quantitative estimate of drug-likeness (QED) is 0.808. The van der Waals surface area contributed by atoms with E-state index in [9.17, 15) is 9.18 Å². The Hall–Kier alpha value is -1.49. The second-order valence-electron chi connectivity index (χ2n) is 4.51. The van der Waals surface area contributed by atoms with Crippen LogP contribution in [-0.4, -0.2) is 15.6 Å². The van der Waals surface area contributed by atoms with Crippen LogP contribution in [0.15, 0.2) is 22.7 Å². The van der Waals surface area contributed by atoms with Crippen molar-refractivity contribution in [1.82, 2.24) is 9.78 Å². The predicted molar refractivity (Wildman–Crippen MR) is 74.9 cm³/mol. The zero-order chi connectivity index (χ0) is 14.2. The van der Waals surface area contributed by atoms with Crippen LogP contribution in [0.5, 0.6) is 0 Å². The molecule has 0 aliphatic heterocycles. The molecule has 0 N–H and O–H groups in total. The maximum atomic E-state index is 13.2. The number of aryl methyl sites for hydroxylation is 1. The van der Waals surface area contributed by atoms with Crippen molar-refractivity contribution in [3.8, 4) is 0 Å². The van der Waals surface area contributed by atoms with E-state index in [1.165, 1.54) is 13.0 Å². The van der Waals surface area contributed by atoms with Gasteiger partial charge in [-0.3, -0.25) is 9.48 Å². The summed E-state index contributed by atoms with van der Waals surface area (Å²) in [6.45, 7) is 5.74. The Morgan fingerprint density at radius 2 is 2.11 bits per heavy atom. The molecule has 1 aromatic carbocycles. The third-order valence-electron chi connectivity index (χ3n) is 3.05. The number of benzene rings is 1. The summed E-state index contributed by atoms with van der Waals surface area (Å²) in [5.74, 6) is -0.275. The highest BCUT2D eigenvalue weighted by atomic mass is 79.9. The highest BCUT2D eigenvalue weighted by molar-refractivity contribution is 9.10. The Morgan fingerprint density at radius 1 is 1.42 bits per heavy atom. The number of ketones is 1. The molecular formula is C14H14BrFN2O. The van der Waals surface area contributed by atoms with E-state index < -0.39 is 0 Å². The fourth-order valence-electron chi connectivity index (χ4n) is 2.17. The molecule has 0 radical (unpaired) electrons. The van der Waals surface area contributed by atoms with Crippen LogP contribution < -0.4 is 0 Å². The van der Waals surface area contributed by atoms with E-state index in [-0.39, 0.29) is 11.6 Å². The van der Waals surface area contributed by atoms with Gasteiger partial charge in [0, 0.05) is 5.69 Å². The van der Waals surface area contributed by atoms with Crippen molar-refractivity contribution in [3.05, 3.63) is 51.0 Å². The third-order valence-corrected chi connectivity index (χ3v) is 3.66. The van der Waals surface area contributed by atoms with Gasteiger partial charge in [0.1, 0.15) is 5.82 Å². The monoisotopic (exact) mass is 324 g/mol. The summed E-state index contributed by atoms with van der Waals surface area (Å²) in [5.41, 5.74) is 3.16. The Kier molecular flexibility index (Phi) is 3.85. The molecule has 3 nitrogen and oxygen atoms in total. The van der Waals surface area contributed by atoms with Gasteiger partial charge in [0.15, 0.2) is 5.78 Å². The number of rotatable bonds is 3. The van der Waals surface area contributed by atoms with Crippen LogP contribution in [0.4, 0.5) is 4.39 Å². The average molecular weight is 325 g/mol. The first-order valence-electron chi connectivity index (χ1n) is 5.89. The van der Waals surface area contributed by atoms with E-state index in [1.807, 2.05) is 13.8 Å². The molecule has 0 fully saturated rings. The Morgan fingerprint density at radius 3 is 2.63 bits per heavy atom. The molecule has 0 bridgehead atoms. The molecule has 2 rings (SSSR count). The zero-order valence-corrected chi connectivity index (χ0v) is 12.6. The van der Waals surface area contributed by atoms with Crippen LogP contribution in [0.1, 0.15) is 34.2 Å². The normalized spacial score (nSPS) is 10.8. The number of carbonyl (C=O) groups is 1. The molecule has 0 saturated carbocycles. The molecule has 0 aliphatic rings. The highest BCUT2D eigenvalue weighted by Crippen LogP contribution is 2.19. The van der Waals surface area contributed by atoms with Gasteiger partial charge in [-0.25, -0.2) is 4.39 Å². The minimum Gasteiger partial charge on any atom is -0.294 e. The van der Waals surface area contributed by atoms with Crippen LogP contribution >= 0.6 is 15.9 Å². The summed E-state index contributed by atoms with van der Waals surface area (Å²) in [6, 6.07) is 4.85. The molecule has 0 unspecified atom stereocenters. The second kappa shape index (κ2) is 5.25. The van der Waals surface area contributed by atoms with Gasteiger partial charge in [-0.15, -0.1) is 0 Å². The Balaban J connectivity index is 2.36. The highest BCUT2D eigenvalue weighted by Gasteiger charge is 2.15. The third kappa shape index (κ3) is 2.76. The first-order valence-corrected chi connectivity index (χ1v) is 6.68. The first-order chi connectivity index (χ1) is 8.90. The van der Waals surface area contributed by atoms with E-state index in [0.717, 1.165) is 17.0 Å². The predicted octanol–water partition coefficient (Wildman–Crippen LogP) is 3.65. The van der Waals surface area contributed by atoms with Gasteiger partial charge in [0.2, 0.25) is 0 Å². The SMILES string of the molecule is CC(=O)c1c(C)nn(Cc2ccc(F)c(Br)c2)c1C. The number of halogens is 2. The van der Waals surface area contributed by atoms with Crippen molar-refractivity contribution in [2.75, 3.05) is 0 Å². The van der Waals surface area contributed by atoms with Gasteiger partial charge >= 0.3 is 0 Å². The van der Waals surface area contributed by atoms with Crippen molar-refractivity contribution in [1.29, 1.82) is 0 Å². The lowest BCUT2D eigenvalue weighted by molar-refractivity contribution is 0.101. The Labute approximate surface area is 119 Å². The minimum absolute atomic E-state index is 0.0153. The number of hydrogen-bond donors (Lipinski definition) is 0. The summed E-state index contributed by atoms with van der Waals surface area (Å²) in [5, 5.41) is 4.37. The molecule has 19 heavy (non-hydrogen) atoms. The number of Topliss-reactive ketones (excluding diaryl/α,β-unsaturated/α-hetero) is 1. The van der Waals surface area contributed by atoms with E-state index in [2.05, 4.69) is 21.0 Å². The number of hydrogen-bond acceptors (Lipinski definition) is 2. The van der Waals surface area contributed by atoms with Crippen molar-refractivity contribution in [3.63, 3.8) is 0 Å². The topological polar surface area (TPSA) is 34.9 Å². The maximum absolute atomic E-state index is 13.2. The van der Waals surface area contributed by atoms with Crippen LogP contribution in [-0.2, 0) is 6.54 Å². The fraction of sp³-hybridized carbons (Fsp3) is 0.286. The van der Waals surface area contributed by atoms with Crippen LogP contribution in [0.2, 0.25) is 0 Å². The molecule has 1 aromatic heterocycles. The average Bonchev–Trinajstić information content (AvgIpc) is 2.59. The van der Waals surface area contributed by atoms with Crippen molar-refractivity contribution < 1.29 is 9.18 Å². The lowest BCUT2D eigenvalue weighted by Crippen LogP contribution is -2.05. The van der Waals surface area contributed by atoms with Crippen molar-refractivity contribution >= 4 is 21.7 Å². The molecule has 0 atom stereocenters. The molecule has 5 heteroatoms. The molecule has 1 heterocycles. The number of carbonyl (C=O) groups excluding carboxylic acids is 1. The number of aromatic nitrogens is 2. The van der Waals surface area contributed by atoms with Crippen molar-refractivity contribution in [2.24, 2.45) is 0 Å². The number of nitrogens with zero attached hydrogens (tertiary/aromatic N) is 2. The summed E-state index contributed by atoms with van der Waals surface area (Å²) in [4.78, 5) is 11.5. The molecule has 0 amide bonds. The standard InChI is InChI=1S/C14H14BrFN2O/c1-8-14(10(3)19)9(2)18(17-8)7-11-4-5-13(16)12(15)6-11/h4-6H,7H2,1-3H3. The smallest absolute Gasteiger partial charge is 0.163 e. The van der Waals surface area contributed by atoms with E-state index in [0.29, 0.717) is 16.6 Å². The van der Waals surface area contributed by atoms with Crippen LogP contribution in [0.3, 0.4) is 0 Å². The maximum Gasteiger partial charge on any atom is 0.163 e. The van der Waals surface area contributed by atoms with Gasteiger partial charge in [0.25, 0.3) is 0 Å². The lowest BCUT2D eigenvalue weighted by Gasteiger charge is -2.06. The van der Waals surface area contributed by atoms with E-state index in [4.69, 9.17) is 0 Å². The fourth-order valence-corrected chi connectivity index (χ4v) is 2.60. The van der Waals surface area contributed by atoms with Gasteiger partial charge in [-0.2, -0.15) is 5.10 Å². The molecule has 2 aromatic rings. The van der Waals surface area contributed by atoms with Gasteiger partial charge < -0.3 is 0 Å². The summed E-state index contributed by atoms with van der Waals surface area (Å²) >= 11 is 3.16. The van der Waals surface area contributed by atoms with E-state index in [1.54, 1.807) is 16.8 Å². The molecule has 0 aliphatic carbocycles. The lowest BCUT2D eigenvalue weighted by atomic mass is 10.1. The van der Waals surface area contributed by atoms with Crippen molar-refractivity contribution in [2.45, 2.75) is 27.3 Å². The Bertz CT molecular complexity index is 649. The first kappa shape index (κ1) is 13.9. The van der Waals surface area contributed by atoms with Gasteiger partial charge in [0.05, 0.1) is 22.3 Å². The summed E-state index contributed by atoms with van der Waals surface area (Å²) in [6.07, 6.45) is 0. The van der Waals surface area contributed by atoms with Crippen LogP contribution in [0, 0.1) is 19.7 Å². The minimum atomic E-state index is -0.290. The molecular weight excluding hydrogens is 311 g/mol. The molecule has 0 saturated heterocycles. The zero-order valence-electron chi connectivity index (χ0n) is 11.0. The largest absolute Gasteiger partial charge is 0.294 e. The summed E-state index contributed by atoms with van der Waals surface area (Å²) in [7, 11) is 0. The summed E-state index contributed by atoms with van der Waals surface area (Å²) < 4.78 is 15.4. The van der Waals surface area contributed by atoms with E-state index >= 15 is 0 Å². The van der Waals surface area contributed by atoms with Gasteiger partial charge in [-0.1, -0.05) is 6.07 Å². The molecule has 100 valence electrons. The van der Waals surface area contributed by atoms with Gasteiger partial charge in [-0.05, 0) is 54.4 Å². The molecule has 0 spiro atoms.